The molecule has 228 valence electrons. The van der Waals surface area contributed by atoms with E-state index in [9.17, 15) is 0 Å². The smallest absolute Gasteiger partial charge is 0.143 e. The standard InChI is InChI=1S/C48H30O/c1-2-15-32-30-33(29-28-31(32)14-1)34-16-3-5-19-37(34)46-39-21-7-9-23-41(39)47(42-24-10-8-22-40(42)46)38-20-6-4-17-35(38)43-25-13-26-44-36-18-11-12-27-45(36)49-48(43)44/h1-30H. The molecule has 0 saturated carbocycles. The summed E-state index contributed by atoms with van der Waals surface area (Å²) in [4.78, 5) is 0. The molecule has 0 aliphatic carbocycles. The number of para-hydroxylation sites is 2. The first kappa shape index (κ1) is 27.7. The van der Waals surface area contributed by atoms with Crippen molar-refractivity contribution in [1.29, 1.82) is 0 Å². The molecule has 0 aliphatic rings. The maximum atomic E-state index is 6.56. The van der Waals surface area contributed by atoms with Crippen molar-refractivity contribution in [2.24, 2.45) is 0 Å². The second kappa shape index (κ2) is 11.1. The Morgan fingerprint density at radius 2 is 0.755 bits per heavy atom. The number of rotatable bonds is 4. The molecule has 0 amide bonds. The zero-order valence-corrected chi connectivity index (χ0v) is 26.7. The molecular formula is C48H30O. The fourth-order valence-electron chi connectivity index (χ4n) is 7.91. The molecule has 0 saturated heterocycles. The van der Waals surface area contributed by atoms with Crippen LogP contribution < -0.4 is 0 Å². The van der Waals surface area contributed by atoms with E-state index < -0.39 is 0 Å². The Morgan fingerprint density at radius 3 is 1.43 bits per heavy atom. The molecule has 10 aromatic rings. The van der Waals surface area contributed by atoms with Gasteiger partial charge in [-0.25, -0.2) is 0 Å². The van der Waals surface area contributed by atoms with Crippen LogP contribution in [0.25, 0.3) is 98.8 Å². The highest BCUT2D eigenvalue weighted by molar-refractivity contribution is 6.24. The van der Waals surface area contributed by atoms with Crippen molar-refractivity contribution >= 4 is 54.3 Å². The molecule has 0 N–H and O–H groups in total. The van der Waals surface area contributed by atoms with Crippen molar-refractivity contribution in [2.75, 3.05) is 0 Å². The molecule has 49 heavy (non-hydrogen) atoms. The van der Waals surface area contributed by atoms with E-state index in [1.165, 1.54) is 65.7 Å². The summed E-state index contributed by atoms with van der Waals surface area (Å²) < 4.78 is 6.56. The van der Waals surface area contributed by atoms with Gasteiger partial charge in [-0.05, 0) is 83.4 Å². The average molecular weight is 623 g/mol. The topological polar surface area (TPSA) is 13.1 Å². The number of hydrogen-bond acceptors (Lipinski definition) is 1. The Morgan fingerprint density at radius 1 is 0.286 bits per heavy atom. The highest BCUT2D eigenvalue weighted by Crippen LogP contribution is 2.48. The molecule has 0 radical (unpaired) electrons. The van der Waals surface area contributed by atoms with Gasteiger partial charge in [0.25, 0.3) is 0 Å². The van der Waals surface area contributed by atoms with Crippen LogP contribution in [0.2, 0.25) is 0 Å². The molecule has 10 rings (SSSR count). The van der Waals surface area contributed by atoms with Gasteiger partial charge < -0.3 is 4.42 Å². The largest absolute Gasteiger partial charge is 0.455 e. The van der Waals surface area contributed by atoms with E-state index >= 15 is 0 Å². The first-order chi connectivity index (χ1) is 24.3. The predicted molar refractivity (Wildman–Crippen MR) is 208 cm³/mol. The minimum Gasteiger partial charge on any atom is -0.455 e. The number of hydrogen-bond donors (Lipinski definition) is 0. The lowest BCUT2D eigenvalue weighted by Gasteiger charge is -2.21. The summed E-state index contributed by atoms with van der Waals surface area (Å²) in [7, 11) is 0. The second-order valence-corrected chi connectivity index (χ2v) is 12.8. The SMILES string of the molecule is c1ccc(-c2c3ccccc3c(-c3ccccc3-c3cccc4c3oc3ccccc34)c3ccccc23)c(-c2ccc3ccccc3c2)c1. The molecule has 0 bridgehead atoms. The van der Waals surface area contributed by atoms with E-state index in [2.05, 4.69) is 176 Å². The monoisotopic (exact) mass is 622 g/mol. The molecule has 0 aliphatic heterocycles. The third-order valence-electron chi connectivity index (χ3n) is 10.1. The van der Waals surface area contributed by atoms with E-state index in [1.54, 1.807) is 0 Å². The van der Waals surface area contributed by atoms with Crippen molar-refractivity contribution in [3.8, 4) is 44.5 Å². The summed E-state index contributed by atoms with van der Waals surface area (Å²) in [5, 5.41) is 9.71. The van der Waals surface area contributed by atoms with Crippen LogP contribution in [0.15, 0.2) is 186 Å². The molecular weight excluding hydrogens is 593 g/mol. The fourth-order valence-corrected chi connectivity index (χ4v) is 7.91. The Bertz CT molecular complexity index is 2830. The molecule has 0 atom stereocenters. The normalized spacial score (nSPS) is 11.7. The average Bonchev–Trinajstić information content (AvgIpc) is 3.56. The Hall–Kier alpha value is -6.44. The van der Waals surface area contributed by atoms with Crippen molar-refractivity contribution in [3.63, 3.8) is 0 Å². The number of benzene rings is 9. The predicted octanol–water partition coefficient (Wildman–Crippen LogP) is 13.7. The quantitative estimate of drug-likeness (QED) is 0.178. The van der Waals surface area contributed by atoms with Crippen molar-refractivity contribution < 1.29 is 4.42 Å². The molecule has 0 spiro atoms. The zero-order valence-electron chi connectivity index (χ0n) is 26.7. The van der Waals surface area contributed by atoms with Crippen molar-refractivity contribution in [3.05, 3.63) is 182 Å². The summed E-state index contributed by atoms with van der Waals surface area (Å²) in [5.74, 6) is 0. The van der Waals surface area contributed by atoms with E-state index in [1.807, 2.05) is 6.07 Å². The zero-order chi connectivity index (χ0) is 32.3. The van der Waals surface area contributed by atoms with Gasteiger partial charge in [0.1, 0.15) is 11.2 Å². The second-order valence-electron chi connectivity index (χ2n) is 12.8. The first-order valence-corrected chi connectivity index (χ1v) is 16.9. The van der Waals surface area contributed by atoms with Crippen LogP contribution in [0.5, 0.6) is 0 Å². The van der Waals surface area contributed by atoms with E-state index in [4.69, 9.17) is 4.42 Å². The lowest BCUT2D eigenvalue weighted by Crippen LogP contribution is -1.94. The van der Waals surface area contributed by atoms with Gasteiger partial charge in [0.15, 0.2) is 0 Å². The van der Waals surface area contributed by atoms with Crippen LogP contribution in [0.4, 0.5) is 0 Å². The van der Waals surface area contributed by atoms with Gasteiger partial charge in [0.2, 0.25) is 0 Å². The van der Waals surface area contributed by atoms with Crippen molar-refractivity contribution in [2.45, 2.75) is 0 Å². The van der Waals surface area contributed by atoms with Gasteiger partial charge >= 0.3 is 0 Å². The number of fused-ring (bicyclic) bond motifs is 6. The highest BCUT2D eigenvalue weighted by Gasteiger charge is 2.22. The summed E-state index contributed by atoms with van der Waals surface area (Å²) >= 11 is 0. The van der Waals surface area contributed by atoms with Gasteiger partial charge in [0.05, 0.1) is 0 Å². The van der Waals surface area contributed by atoms with Gasteiger partial charge in [-0.1, -0.05) is 170 Å². The minimum absolute atomic E-state index is 0.910. The molecule has 1 nitrogen and oxygen atoms in total. The van der Waals surface area contributed by atoms with E-state index in [0.717, 1.165) is 33.1 Å². The molecule has 9 aromatic carbocycles. The van der Waals surface area contributed by atoms with E-state index in [0.29, 0.717) is 0 Å². The van der Waals surface area contributed by atoms with Crippen LogP contribution in [-0.4, -0.2) is 0 Å². The fraction of sp³-hybridized carbons (Fsp3) is 0. The Kier molecular flexibility index (Phi) is 6.25. The van der Waals surface area contributed by atoms with Crippen LogP contribution in [0.3, 0.4) is 0 Å². The third kappa shape index (κ3) is 4.33. The highest BCUT2D eigenvalue weighted by atomic mass is 16.3. The lowest BCUT2D eigenvalue weighted by atomic mass is 9.82. The molecule has 1 heteroatoms. The van der Waals surface area contributed by atoms with Crippen LogP contribution >= 0.6 is 0 Å². The van der Waals surface area contributed by atoms with Crippen molar-refractivity contribution in [1.82, 2.24) is 0 Å². The summed E-state index contributed by atoms with van der Waals surface area (Å²) in [6.45, 7) is 0. The Balaban J connectivity index is 1.27. The van der Waals surface area contributed by atoms with Gasteiger partial charge in [-0.15, -0.1) is 0 Å². The number of furan rings is 1. The first-order valence-electron chi connectivity index (χ1n) is 16.9. The van der Waals surface area contributed by atoms with Crippen LogP contribution in [-0.2, 0) is 0 Å². The summed E-state index contributed by atoms with van der Waals surface area (Å²) in [6.07, 6.45) is 0. The summed E-state index contributed by atoms with van der Waals surface area (Å²) in [6, 6.07) is 65.8. The minimum atomic E-state index is 0.910. The van der Waals surface area contributed by atoms with Crippen LogP contribution in [0, 0.1) is 0 Å². The van der Waals surface area contributed by atoms with E-state index in [-0.39, 0.29) is 0 Å². The maximum Gasteiger partial charge on any atom is 0.143 e. The van der Waals surface area contributed by atoms with Gasteiger partial charge in [-0.2, -0.15) is 0 Å². The molecule has 0 fully saturated rings. The molecule has 1 aromatic heterocycles. The molecule has 0 unspecified atom stereocenters. The molecule has 1 heterocycles. The lowest BCUT2D eigenvalue weighted by molar-refractivity contribution is 0.670. The van der Waals surface area contributed by atoms with Crippen LogP contribution in [0.1, 0.15) is 0 Å². The third-order valence-corrected chi connectivity index (χ3v) is 10.1. The Labute approximate surface area is 284 Å². The van der Waals surface area contributed by atoms with Gasteiger partial charge in [-0.3, -0.25) is 0 Å². The van der Waals surface area contributed by atoms with Gasteiger partial charge in [0, 0.05) is 16.3 Å². The maximum absolute atomic E-state index is 6.56. The summed E-state index contributed by atoms with van der Waals surface area (Å²) in [5.41, 5.74) is 11.5.